The van der Waals surface area contributed by atoms with Crippen LogP contribution in [0.3, 0.4) is 0 Å². The molecule has 0 unspecified atom stereocenters. The molecule has 0 saturated carbocycles. The van der Waals surface area contributed by atoms with E-state index in [-0.39, 0.29) is 0 Å². The molecule has 2 aromatic heterocycles. The van der Waals surface area contributed by atoms with Crippen molar-refractivity contribution < 1.29 is 4.42 Å². The van der Waals surface area contributed by atoms with Crippen molar-refractivity contribution >= 4 is 71.6 Å². The zero-order chi connectivity index (χ0) is 40.3. The highest BCUT2D eigenvalue weighted by molar-refractivity contribution is 6.19. The molecule has 0 N–H and O–H groups in total. The molecule has 0 radical (unpaired) electrons. The lowest BCUT2D eigenvalue weighted by Crippen LogP contribution is -2.10. The maximum Gasteiger partial charge on any atom is 0.143 e. The fraction of sp³-hybridized carbons (Fsp3) is 0. The van der Waals surface area contributed by atoms with Gasteiger partial charge in [0, 0.05) is 55.2 Å². The summed E-state index contributed by atoms with van der Waals surface area (Å²) in [6.07, 6.45) is 0. The summed E-state index contributed by atoms with van der Waals surface area (Å²) in [5.41, 5.74) is 15.6. The largest absolute Gasteiger partial charge is 0.455 e. The highest BCUT2D eigenvalue weighted by Gasteiger charge is 2.20. The minimum Gasteiger partial charge on any atom is -0.455 e. The van der Waals surface area contributed by atoms with Gasteiger partial charge in [0.2, 0.25) is 0 Å². The van der Waals surface area contributed by atoms with Crippen molar-refractivity contribution in [2.24, 2.45) is 0 Å². The van der Waals surface area contributed by atoms with E-state index in [0.717, 1.165) is 66.8 Å². The van der Waals surface area contributed by atoms with Crippen molar-refractivity contribution in [2.75, 3.05) is 4.90 Å². The molecule has 61 heavy (non-hydrogen) atoms. The van der Waals surface area contributed by atoms with Crippen LogP contribution in [0.1, 0.15) is 0 Å². The van der Waals surface area contributed by atoms with Crippen LogP contribution in [0.4, 0.5) is 17.1 Å². The van der Waals surface area contributed by atoms with E-state index >= 15 is 0 Å². The molecule has 0 fully saturated rings. The third-order valence-electron chi connectivity index (χ3n) is 12.2. The van der Waals surface area contributed by atoms with Crippen molar-refractivity contribution in [3.05, 3.63) is 231 Å². The van der Waals surface area contributed by atoms with Crippen LogP contribution in [0, 0.1) is 0 Å². The van der Waals surface area contributed by atoms with E-state index in [9.17, 15) is 0 Å². The number of para-hydroxylation sites is 3. The molecule has 3 nitrogen and oxygen atoms in total. The van der Waals surface area contributed by atoms with E-state index < -0.39 is 0 Å². The summed E-state index contributed by atoms with van der Waals surface area (Å²) in [7, 11) is 0. The Hall–Kier alpha value is -8.14. The third kappa shape index (κ3) is 5.82. The van der Waals surface area contributed by atoms with Crippen LogP contribution in [0.15, 0.2) is 235 Å². The lowest BCUT2D eigenvalue weighted by atomic mass is 9.97. The van der Waals surface area contributed by atoms with E-state index in [0.29, 0.717) is 0 Å². The van der Waals surface area contributed by atoms with Gasteiger partial charge in [-0.25, -0.2) is 0 Å². The van der Waals surface area contributed by atoms with Crippen molar-refractivity contribution in [3.8, 4) is 39.1 Å². The topological polar surface area (TPSA) is 21.3 Å². The summed E-state index contributed by atoms with van der Waals surface area (Å²) in [5, 5.41) is 7.06. The first-order chi connectivity index (χ1) is 30.3. The fourth-order valence-electron chi connectivity index (χ4n) is 9.37. The van der Waals surface area contributed by atoms with Crippen LogP contribution >= 0.6 is 0 Å². The number of hydrogen-bond acceptors (Lipinski definition) is 2. The first-order valence-corrected chi connectivity index (χ1v) is 20.8. The molecule has 3 heteroatoms. The molecule has 0 atom stereocenters. The van der Waals surface area contributed by atoms with Gasteiger partial charge in [0.1, 0.15) is 11.2 Å². The maximum absolute atomic E-state index is 6.56. The average molecular weight is 779 g/mol. The number of anilines is 3. The van der Waals surface area contributed by atoms with Crippen LogP contribution < -0.4 is 4.90 Å². The molecule has 12 aromatic rings. The average Bonchev–Trinajstić information content (AvgIpc) is 3.90. The normalized spacial score (nSPS) is 11.6. The van der Waals surface area contributed by atoms with Gasteiger partial charge in [-0.05, 0) is 99.9 Å². The first kappa shape index (κ1) is 34.9. The number of nitrogens with zero attached hydrogens (tertiary/aromatic N) is 2. The maximum atomic E-state index is 6.56. The minimum atomic E-state index is 0.895. The number of benzene rings is 10. The number of fused-ring (bicyclic) bond motifs is 8. The summed E-state index contributed by atoms with van der Waals surface area (Å²) in [5.74, 6) is 0. The fourth-order valence-corrected chi connectivity index (χ4v) is 9.37. The molecule has 0 saturated heterocycles. The second kappa shape index (κ2) is 14.3. The monoisotopic (exact) mass is 778 g/mol. The second-order valence-corrected chi connectivity index (χ2v) is 15.7. The van der Waals surface area contributed by atoms with Crippen molar-refractivity contribution in [1.29, 1.82) is 0 Å². The molecular weight excluding hydrogens is 741 g/mol. The summed E-state index contributed by atoms with van der Waals surface area (Å²) < 4.78 is 8.98. The molecule has 0 spiro atoms. The van der Waals surface area contributed by atoms with E-state index in [4.69, 9.17) is 4.42 Å². The second-order valence-electron chi connectivity index (χ2n) is 15.7. The first-order valence-electron chi connectivity index (χ1n) is 20.8. The molecular formula is C58H38N2O. The molecule has 0 aliphatic rings. The molecule has 0 aliphatic heterocycles. The SMILES string of the molecule is c1ccc(-c2ccc(N(c3ccc(-c4cccc5oc6c7ccccc7ccc6c45)cc3)c3cccc(-c4cccc5c6ccccc6n(-c6ccccc6)c45)c3)cc2)cc1. The molecule has 12 rings (SSSR count). The lowest BCUT2D eigenvalue weighted by Gasteiger charge is -2.26. The number of furan rings is 1. The number of rotatable bonds is 7. The Balaban J connectivity index is 1.01. The van der Waals surface area contributed by atoms with Crippen LogP contribution in [-0.2, 0) is 0 Å². The Morgan fingerprint density at radius 3 is 1.77 bits per heavy atom. The van der Waals surface area contributed by atoms with Gasteiger partial charge in [-0.2, -0.15) is 0 Å². The zero-order valence-corrected chi connectivity index (χ0v) is 33.2. The van der Waals surface area contributed by atoms with Gasteiger partial charge in [0.25, 0.3) is 0 Å². The minimum absolute atomic E-state index is 0.895. The molecule has 0 bridgehead atoms. The van der Waals surface area contributed by atoms with Crippen molar-refractivity contribution in [1.82, 2.24) is 4.57 Å². The van der Waals surface area contributed by atoms with Gasteiger partial charge in [-0.1, -0.05) is 164 Å². The Morgan fingerprint density at radius 2 is 0.967 bits per heavy atom. The zero-order valence-electron chi connectivity index (χ0n) is 33.2. The predicted molar refractivity (Wildman–Crippen MR) is 257 cm³/mol. The van der Waals surface area contributed by atoms with Gasteiger partial charge in [0.05, 0.1) is 11.0 Å². The molecule has 286 valence electrons. The highest BCUT2D eigenvalue weighted by Crippen LogP contribution is 2.44. The summed E-state index contributed by atoms with van der Waals surface area (Å²) in [6.45, 7) is 0. The van der Waals surface area contributed by atoms with Gasteiger partial charge in [0.15, 0.2) is 0 Å². The van der Waals surface area contributed by atoms with E-state index in [1.165, 1.54) is 43.9 Å². The third-order valence-corrected chi connectivity index (χ3v) is 12.2. The summed E-state index contributed by atoms with van der Waals surface area (Å²) in [6, 6.07) is 82.8. The quantitative estimate of drug-likeness (QED) is 0.161. The predicted octanol–water partition coefficient (Wildman–Crippen LogP) is 16.3. The summed E-state index contributed by atoms with van der Waals surface area (Å²) in [4.78, 5) is 2.37. The Bertz CT molecular complexity index is 3560. The van der Waals surface area contributed by atoms with Crippen LogP contribution in [-0.4, -0.2) is 4.57 Å². The smallest absolute Gasteiger partial charge is 0.143 e. The molecule has 0 amide bonds. The van der Waals surface area contributed by atoms with E-state index in [2.05, 4.69) is 240 Å². The van der Waals surface area contributed by atoms with E-state index in [1.54, 1.807) is 0 Å². The van der Waals surface area contributed by atoms with Gasteiger partial charge < -0.3 is 13.9 Å². The van der Waals surface area contributed by atoms with Gasteiger partial charge >= 0.3 is 0 Å². The van der Waals surface area contributed by atoms with Crippen LogP contribution in [0.25, 0.3) is 93.6 Å². The van der Waals surface area contributed by atoms with Crippen LogP contribution in [0.2, 0.25) is 0 Å². The summed E-state index contributed by atoms with van der Waals surface area (Å²) >= 11 is 0. The van der Waals surface area contributed by atoms with Crippen molar-refractivity contribution in [3.63, 3.8) is 0 Å². The van der Waals surface area contributed by atoms with Crippen molar-refractivity contribution in [2.45, 2.75) is 0 Å². The molecule has 0 aliphatic carbocycles. The lowest BCUT2D eigenvalue weighted by molar-refractivity contribution is 0.673. The Labute approximate surface area is 353 Å². The Morgan fingerprint density at radius 1 is 0.361 bits per heavy atom. The molecule has 2 heterocycles. The van der Waals surface area contributed by atoms with Gasteiger partial charge in [-0.3, -0.25) is 0 Å². The van der Waals surface area contributed by atoms with E-state index in [1.807, 2.05) is 0 Å². The standard InChI is InChI=1S/C58H38N2O/c1-3-14-39(15-4-1)40-28-33-45(34-29-40)59(46-35-30-42(31-36-46)48-23-13-27-55-56(48)53-37-32-41-16-7-8-21-50(41)58(53)61-55)47-20-11-17-43(38-47)49-24-12-25-52-51-22-9-10-26-54(51)60(57(49)52)44-18-5-2-6-19-44/h1-38H. The number of hydrogen-bond donors (Lipinski definition) is 0. The molecule has 10 aromatic carbocycles. The van der Waals surface area contributed by atoms with Gasteiger partial charge in [-0.15, -0.1) is 0 Å². The van der Waals surface area contributed by atoms with Crippen LogP contribution in [0.5, 0.6) is 0 Å². The number of aromatic nitrogens is 1. The Kier molecular flexibility index (Phi) is 8.17. The highest BCUT2D eigenvalue weighted by atomic mass is 16.3.